The molecule has 3 N–H and O–H groups in total. The van der Waals surface area contributed by atoms with Gasteiger partial charge in [0, 0.05) is 19.0 Å². The summed E-state index contributed by atoms with van der Waals surface area (Å²) in [6.45, 7) is 2.48. The van der Waals surface area contributed by atoms with E-state index >= 15 is 0 Å². The highest BCUT2D eigenvalue weighted by Gasteiger charge is 2.30. The summed E-state index contributed by atoms with van der Waals surface area (Å²) in [6.07, 6.45) is -0.729. The van der Waals surface area contributed by atoms with Gasteiger partial charge in [0.05, 0.1) is 11.3 Å². The molecule has 4 aromatic rings. The number of hydrogen-bond donors (Lipinski definition) is 3. The Morgan fingerprint density at radius 3 is 2.12 bits per heavy atom. The lowest BCUT2D eigenvalue weighted by Gasteiger charge is -2.25. The summed E-state index contributed by atoms with van der Waals surface area (Å²) in [6, 6.07) is 29.8. The number of nitrogens with one attached hydrogen (secondary N) is 2. The van der Waals surface area contributed by atoms with Gasteiger partial charge in [-0.05, 0) is 53.4 Å². The van der Waals surface area contributed by atoms with Crippen molar-refractivity contribution in [3.05, 3.63) is 125 Å². The normalized spacial score (nSPS) is 12.7. The van der Waals surface area contributed by atoms with Gasteiger partial charge in [-0.3, -0.25) is 9.69 Å². The van der Waals surface area contributed by atoms with Crippen LogP contribution in [0.1, 0.15) is 38.5 Å². The predicted molar refractivity (Wildman–Crippen MR) is 162 cm³/mol. The van der Waals surface area contributed by atoms with E-state index in [0.29, 0.717) is 12.1 Å². The number of carbonyl (C=O) groups is 3. The summed E-state index contributed by atoms with van der Waals surface area (Å²) >= 11 is 0. The van der Waals surface area contributed by atoms with Crippen molar-refractivity contribution in [3.63, 3.8) is 0 Å². The number of rotatable bonds is 10. The summed E-state index contributed by atoms with van der Waals surface area (Å²) in [4.78, 5) is 40.4. The summed E-state index contributed by atoms with van der Waals surface area (Å²) < 4.78 is 5.71. The van der Waals surface area contributed by atoms with Crippen LogP contribution in [0.15, 0.2) is 97.1 Å². The van der Waals surface area contributed by atoms with Crippen LogP contribution in [0, 0.1) is 6.92 Å². The average Bonchev–Trinajstić information content (AvgIpc) is 3.29. The number of carboxylic acids is 1. The minimum absolute atomic E-state index is 0.00313. The second-order valence-electron chi connectivity index (χ2n) is 10.5. The van der Waals surface area contributed by atoms with Gasteiger partial charge >= 0.3 is 12.1 Å². The lowest BCUT2D eigenvalue weighted by molar-refractivity contribution is -0.118. The molecule has 0 bridgehead atoms. The summed E-state index contributed by atoms with van der Waals surface area (Å²) in [5.74, 6) is -1.82. The van der Waals surface area contributed by atoms with Crippen molar-refractivity contribution in [3.8, 4) is 11.1 Å². The zero-order valence-corrected chi connectivity index (χ0v) is 23.5. The molecule has 5 rings (SSSR count). The van der Waals surface area contributed by atoms with Crippen molar-refractivity contribution in [2.75, 3.05) is 25.5 Å². The number of aromatic carboxylic acids is 1. The summed E-state index contributed by atoms with van der Waals surface area (Å²) in [5.41, 5.74) is 6.15. The number of ether oxygens (including phenoxy) is 1. The van der Waals surface area contributed by atoms with Crippen LogP contribution < -0.4 is 10.6 Å². The number of alkyl carbamates (subject to hydrolysis) is 1. The third-order valence-corrected chi connectivity index (χ3v) is 7.49. The number of benzene rings is 4. The Hall–Kier alpha value is -4.95. The third kappa shape index (κ3) is 6.34. The Balaban J connectivity index is 1.31. The molecule has 1 aliphatic rings. The molecule has 4 aromatic carbocycles. The first-order valence-corrected chi connectivity index (χ1v) is 13.8. The van der Waals surface area contributed by atoms with Crippen LogP contribution in [0.25, 0.3) is 11.1 Å². The number of nitrogens with zero attached hydrogens (tertiary/aromatic N) is 1. The Bertz CT molecular complexity index is 1560. The quantitative estimate of drug-likeness (QED) is 0.229. The smallest absolute Gasteiger partial charge is 0.407 e. The van der Waals surface area contributed by atoms with Crippen LogP contribution in [0.3, 0.4) is 0 Å². The fraction of sp³-hybridized carbons (Fsp3) is 0.206. The van der Waals surface area contributed by atoms with Crippen LogP contribution in [-0.4, -0.2) is 54.2 Å². The number of hydrogen-bond acceptors (Lipinski definition) is 5. The SMILES string of the molecule is Cc1cccc(NC(=O)C(CN(C)Cc2ccccc2)NC(=O)OCC2c3ccccc3-c3ccccc32)c1C(=O)O. The first-order chi connectivity index (χ1) is 20.3. The lowest BCUT2D eigenvalue weighted by atomic mass is 9.98. The van der Waals surface area contributed by atoms with Gasteiger partial charge in [0.25, 0.3) is 0 Å². The van der Waals surface area contributed by atoms with Gasteiger partial charge in [-0.1, -0.05) is 91.0 Å². The van der Waals surface area contributed by atoms with E-state index < -0.39 is 24.0 Å². The molecule has 0 aromatic heterocycles. The topological polar surface area (TPSA) is 108 Å². The maximum Gasteiger partial charge on any atom is 0.407 e. The maximum absolute atomic E-state index is 13.5. The number of carbonyl (C=O) groups excluding carboxylic acids is 2. The van der Waals surface area contributed by atoms with Crippen molar-refractivity contribution in [2.45, 2.75) is 25.4 Å². The zero-order valence-electron chi connectivity index (χ0n) is 23.5. The first kappa shape index (κ1) is 28.6. The van der Waals surface area contributed by atoms with Crippen LogP contribution >= 0.6 is 0 Å². The number of anilines is 1. The van der Waals surface area contributed by atoms with Gasteiger partial charge in [-0.15, -0.1) is 0 Å². The molecule has 1 atom stereocenters. The molecule has 1 unspecified atom stereocenters. The minimum Gasteiger partial charge on any atom is -0.478 e. The molecule has 8 heteroatoms. The Morgan fingerprint density at radius 2 is 1.48 bits per heavy atom. The van der Waals surface area contributed by atoms with Crippen molar-refractivity contribution < 1.29 is 24.2 Å². The minimum atomic E-state index is -1.15. The molecule has 0 saturated heterocycles. The van der Waals surface area contributed by atoms with Gasteiger partial charge < -0.3 is 20.5 Å². The van der Waals surface area contributed by atoms with Crippen LogP contribution in [-0.2, 0) is 16.1 Å². The molecule has 0 radical (unpaired) electrons. The number of fused-ring (bicyclic) bond motifs is 3. The van der Waals surface area contributed by atoms with Gasteiger partial charge in [0.1, 0.15) is 12.6 Å². The van der Waals surface area contributed by atoms with Crippen molar-refractivity contribution >= 4 is 23.7 Å². The number of carboxylic acid groups (broad SMARTS) is 1. The summed E-state index contributed by atoms with van der Waals surface area (Å²) in [7, 11) is 1.85. The fourth-order valence-electron chi connectivity index (χ4n) is 5.52. The summed E-state index contributed by atoms with van der Waals surface area (Å²) in [5, 5.41) is 15.2. The maximum atomic E-state index is 13.5. The van der Waals surface area contributed by atoms with Crippen molar-refractivity contribution in [1.82, 2.24) is 10.2 Å². The fourth-order valence-corrected chi connectivity index (χ4v) is 5.52. The Labute approximate surface area is 244 Å². The second kappa shape index (κ2) is 12.7. The molecular weight excluding hydrogens is 530 g/mol. The number of amides is 2. The highest BCUT2D eigenvalue weighted by Crippen LogP contribution is 2.44. The van der Waals surface area contributed by atoms with Crippen LogP contribution in [0.5, 0.6) is 0 Å². The van der Waals surface area contributed by atoms with Gasteiger partial charge in [-0.2, -0.15) is 0 Å². The van der Waals surface area contributed by atoms with Gasteiger partial charge in [-0.25, -0.2) is 9.59 Å². The van der Waals surface area contributed by atoms with Gasteiger partial charge in [0.15, 0.2) is 0 Å². The number of aryl methyl sites for hydroxylation is 1. The van der Waals surface area contributed by atoms with E-state index in [4.69, 9.17) is 4.74 Å². The third-order valence-electron chi connectivity index (χ3n) is 7.49. The molecular formula is C34H33N3O5. The Kier molecular flexibility index (Phi) is 8.64. The highest BCUT2D eigenvalue weighted by atomic mass is 16.5. The molecule has 0 fully saturated rings. The van der Waals surface area contributed by atoms with Gasteiger partial charge in [0.2, 0.25) is 5.91 Å². The highest BCUT2D eigenvalue weighted by molar-refractivity contribution is 6.03. The molecule has 0 aliphatic heterocycles. The molecule has 0 spiro atoms. The molecule has 0 saturated carbocycles. The van der Waals surface area contributed by atoms with Crippen molar-refractivity contribution in [2.24, 2.45) is 0 Å². The van der Waals surface area contributed by atoms with E-state index in [2.05, 4.69) is 22.8 Å². The largest absolute Gasteiger partial charge is 0.478 e. The van der Waals surface area contributed by atoms with Crippen LogP contribution in [0.4, 0.5) is 10.5 Å². The van der Waals surface area contributed by atoms with E-state index in [1.54, 1.807) is 19.1 Å². The monoisotopic (exact) mass is 563 g/mol. The Morgan fingerprint density at radius 1 is 0.857 bits per heavy atom. The standard InChI is InChI=1S/C34H33N3O5/c1-22-11-10-18-29(31(22)33(39)40)35-32(38)30(20-37(2)19-23-12-4-3-5-13-23)36-34(41)42-21-28-26-16-8-6-14-24(26)25-15-7-9-17-27(25)28/h3-18,28,30H,19-21H2,1-2H3,(H,35,38)(H,36,41)(H,39,40). The lowest BCUT2D eigenvalue weighted by Crippen LogP contribution is -2.50. The molecule has 2 amide bonds. The van der Waals surface area contributed by atoms with Crippen LogP contribution in [0.2, 0.25) is 0 Å². The molecule has 214 valence electrons. The molecule has 8 nitrogen and oxygen atoms in total. The zero-order chi connectivity index (χ0) is 29.6. The predicted octanol–water partition coefficient (Wildman–Crippen LogP) is 5.67. The molecule has 42 heavy (non-hydrogen) atoms. The second-order valence-corrected chi connectivity index (χ2v) is 10.5. The van der Waals surface area contributed by atoms with E-state index in [0.717, 1.165) is 27.8 Å². The van der Waals surface area contributed by atoms with E-state index in [1.165, 1.54) is 6.07 Å². The number of likely N-dealkylation sites (N-methyl/N-ethyl adjacent to an activating group) is 1. The molecule has 0 heterocycles. The first-order valence-electron chi connectivity index (χ1n) is 13.8. The van der Waals surface area contributed by atoms with E-state index in [1.807, 2.05) is 78.7 Å². The molecule has 1 aliphatic carbocycles. The van der Waals surface area contributed by atoms with E-state index in [9.17, 15) is 19.5 Å². The van der Waals surface area contributed by atoms with E-state index in [-0.39, 0.29) is 30.3 Å². The van der Waals surface area contributed by atoms with Crippen molar-refractivity contribution in [1.29, 1.82) is 0 Å². The average molecular weight is 564 g/mol.